The molecule has 0 fully saturated rings. The van der Waals surface area contributed by atoms with E-state index in [2.05, 4.69) is 26.5 Å². The van der Waals surface area contributed by atoms with Gasteiger partial charge in [-0.05, 0) is 31.1 Å². The number of imidazole rings is 1. The van der Waals surface area contributed by atoms with E-state index in [-0.39, 0.29) is 11.7 Å². The van der Waals surface area contributed by atoms with Crippen LogP contribution in [0.25, 0.3) is 0 Å². The van der Waals surface area contributed by atoms with Gasteiger partial charge in [-0.2, -0.15) is 11.8 Å². The first-order chi connectivity index (χ1) is 10.6. The summed E-state index contributed by atoms with van der Waals surface area (Å²) in [6.45, 7) is 2.00. The van der Waals surface area contributed by atoms with Crippen molar-refractivity contribution in [3.63, 3.8) is 0 Å². The number of rotatable bonds is 7. The molecule has 0 atom stereocenters. The fourth-order valence-corrected chi connectivity index (χ4v) is 2.99. The van der Waals surface area contributed by atoms with Crippen LogP contribution in [-0.4, -0.2) is 38.6 Å². The Morgan fingerprint density at radius 3 is 2.95 bits per heavy atom. The number of carbonyl (C=O) groups excluding carboxylic acids is 1. The Morgan fingerprint density at radius 2 is 2.27 bits per heavy atom. The number of aryl methyl sites for hydroxylation is 2. The number of thioether (sulfide) groups is 2. The van der Waals surface area contributed by atoms with Gasteiger partial charge >= 0.3 is 0 Å². The Balaban J connectivity index is 1.84. The van der Waals surface area contributed by atoms with Gasteiger partial charge in [-0.3, -0.25) is 4.79 Å². The third-order valence-corrected chi connectivity index (χ3v) is 4.55. The number of hydrogen-bond acceptors (Lipinski definition) is 5. The van der Waals surface area contributed by atoms with Crippen molar-refractivity contribution in [2.24, 2.45) is 0 Å². The molecule has 0 radical (unpaired) electrons. The normalized spacial score (nSPS) is 10.7. The van der Waals surface area contributed by atoms with Crippen LogP contribution < -0.4 is 5.32 Å². The van der Waals surface area contributed by atoms with Gasteiger partial charge in [0.05, 0.1) is 16.5 Å². The van der Waals surface area contributed by atoms with Gasteiger partial charge in [-0.25, -0.2) is 9.97 Å². The topological polar surface area (TPSA) is 70.7 Å². The van der Waals surface area contributed by atoms with E-state index >= 15 is 0 Å². The maximum absolute atomic E-state index is 11.9. The number of nitrogens with zero attached hydrogens (tertiary/aromatic N) is 2. The number of aromatic nitrogens is 3. The molecule has 118 valence electrons. The number of pyridine rings is 1. The molecule has 0 aliphatic heterocycles. The number of amides is 1. The van der Waals surface area contributed by atoms with Crippen molar-refractivity contribution in [1.82, 2.24) is 15.0 Å². The number of H-pyrrole nitrogens is 1. The van der Waals surface area contributed by atoms with E-state index in [0.29, 0.717) is 10.8 Å². The summed E-state index contributed by atoms with van der Waals surface area (Å²) < 4.78 is 0. The first-order valence-electron chi connectivity index (χ1n) is 6.67. The molecule has 5 nitrogen and oxygen atoms in total. The average Bonchev–Trinajstić information content (AvgIpc) is 2.86. The second-order valence-corrected chi connectivity index (χ2v) is 6.94. The SMILES string of the molecule is CSCCc1nc(SCC(=O)Nc2ccc(Cl)cn2)[nH]c1C. The second kappa shape index (κ2) is 8.45. The minimum Gasteiger partial charge on any atom is -0.337 e. The zero-order valence-electron chi connectivity index (χ0n) is 12.4. The molecule has 0 saturated carbocycles. The van der Waals surface area contributed by atoms with Crippen LogP contribution in [0.1, 0.15) is 11.4 Å². The third kappa shape index (κ3) is 5.23. The smallest absolute Gasteiger partial charge is 0.236 e. The highest BCUT2D eigenvalue weighted by Crippen LogP contribution is 2.18. The predicted octanol–water partition coefficient (Wildman–Crippen LogP) is 3.40. The van der Waals surface area contributed by atoms with E-state index in [1.54, 1.807) is 23.9 Å². The Kier molecular flexibility index (Phi) is 6.60. The Labute approximate surface area is 143 Å². The number of carbonyl (C=O) groups is 1. The van der Waals surface area contributed by atoms with E-state index in [4.69, 9.17) is 11.6 Å². The van der Waals surface area contributed by atoms with Gasteiger partial charge in [0, 0.05) is 18.3 Å². The minimum atomic E-state index is -0.125. The number of anilines is 1. The Bertz CT molecular complexity index is 630. The highest BCUT2D eigenvalue weighted by Gasteiger charge is 2.10. The van der Waals surface area contributed by atoms with Crippen molar-refractivity contribution in [2.75, 3.05) is 23.1 Å². The van der Waals surface area contributed by atoms with Crippen molar-refractivity contribution >= 4 is 46.8 Å². The molecule has 0 spiro atoms. The zero-order chi connectivity index (χ0) is 15.9. The maximum atomic E-state index is 11.9. The predicted molar refractivity (Wildman–Crippen MR) is 94.0 cm³/mol. The molecule has 2 aromatic heterocycles. The fraction of sp³-hybridized carbons (Fsp3) is 0.357. The van der Waals surface area contributed by atoms with E-state index in [1.807, 2.05) is 6.92 Å². The van der Waals surface area contributed by atoms with Crippen LogP contribution >= 0.6 is 35.1 Å². The molecule has 2 rings (SSSR count). The van der Waals surface area contributed by atoms with Gasteiger partial charge < -0.3 is 10.3 Å². The molecule has 0 aromatic carbocycles. The first-order valence-corrected chi connectivity index (χ1v) is 9.43. The molecule has 0 bridgehead atoms. The standard InChI is InChI=1S/C14H17ClN4OS2/c1-9-11(5-6-21-2)18-14(17-9)22-8-13(20)19-12-4-3-10(15)7-16-12/h3-4,7H,5-6,8H2,1-2H3,(H,17,18)(H,16,19,20). The zero-order valence-corrected chi connectivity index (χ0v) is 14.7. The van der Waals surface area contributed by atoms with Gasteiger partial charge in [0.2, 0.25) is 5.91 Å². The van der Waals surface area contributed by atoms with Crippen molar-refractivity contribution < 1.29 is 4.79 Å². The lowest BCUT2D eigenvalue weighted by molar-refractivity contribution is -0.113. The lowest BCUT2D eigenvalue weighted by Gasteiger charge is -2.03. The van der Waals surface area contributed by atoms with Crippen molar-refractivity contribution in [3.8, 4) is 0 Å². The monoisotopic (exact) mass is 356 g/mol. The number of aromatic amines is 1. The minimum absolute atomic E-state index is 0.125. The summed E-state index contributed by atoms with van der Waals surface area (Å²) in [7, 11) is 0. The number of nitrogens with one attached hydrogen (secondary N) is 2. The lowest BCUT2D eigenvalue weighted by Crippen LogP contribution is -2.14. The quantitative estimate of drug-likeness (QED) is 0.744. The summed E-state index contributed by atoms with van der Waals surface area (Å²) in [5.41, 5.74) is 2.13. The van der Waals surface area contributed by atoms with Crippen LogP contribution in [0.5, 0.6) is 0 Å². The van der Waals surface area contributed by atoms with Gasteiger partial charge in [-0.1, -0.05) is 23.4 Å². The molecule has 22 heavy (non-hydrogen) atoms. The maximum Gasteiger partial charge on any atom is 0.236 e. The molecule has 1 amide bonds. The lowest BCUT2D eigenvalue weighted by atomic mass is 10.3. The third-order valence-electron chi connectivity index (χ3n) is 2.84. The van der Waals surface area contributed by atoms with Gasteiger partial charge in [-0.15, -0.1) is 0 Å². The van der Waals surface area contributed by atoms with Crippen molar-refractivity contribution in [3.05, 3.63) is 34.7 Å². The Hall–Kier alpha value is -1.18. The van der Waals surface area contributed by atoms with E-state index in [0.717, 1.165) is 28.7 Å². The molecule has 0 aliphatic rings. The van der Waals surface area contributed by atoms with Crippen LogP contribution in [-0.2, 0) is 11.2 Å². The number of hydrogen-bond donors (Lipinski definition) is 2. The van der Waals surface area contributed by atoms with Crippen molar-refractivity contribution in [1.29, 1.82) is 0 Å². The molecule has 2 aromatic rings. The molecule has 8 heteroatoms. The summed E-state index contributed by atoms with van der Waals surface area (Å²) in [5.74, 6) is 1.68. The molecule has 0 saturated heterocycles. The Morgan fingerprint density at radius 1 is 1.45 bits per heavy atom. The van der Waals surface area contributed by atoms with Crippen LogP contribution in [0.2, 0.25) is 5.02 Å². The second-order valence-electron chi connectivity index (χ2n) is 4.55. The van der Waals surface area contributed by atoms with Crippen LogP contribution in [0.3, 0.4) is 0 Å². The van der Waals surface area contributed by atoms with E-state index in [1.165, 1.54) is 18.0 Å². The van der Waals surface area contributed by atoms with E-state index in [9.17, 15) is 4.79 Å². The van der Waals surface area contributed by atoms with Crippen LogP contribution in [0.4, 0.5) is 5.82 Å². The van der Waals surface area contributed by atoms with Gasteiger partial charge in [0.1, 0.15) is 5.82 Å². The van der Waals surface area contributed by atoms with Crippen molar-refractivity contribution in [2.45, 2.75) is 18.5 Å². The molecular weight excluding hydrogens is 340 g/mol. The highest BCUT2D eigenvalue weighted by molar-refractivity contribution is 7.99. The largest absolute Gasteiger partial charge is 0.337 e. The van der Waals surface area contributed by atoms with Gasteiger partial charge in [0.15, 0.2) is 5.16 Å². The average molecular weight is 357 g/mol. The number of halogens is 1. The summed E-state index contributed by atoms with van der Waals surface area (Å²) in [5, 5.41) is 4.03. The highest BCUT2D eigenvalue weighted by atomic mass is 35.5. The van der Waals surface area contributed by atoms with Crippen LogP contribution in [0.15, 0.2) is 23.5 Å². The molecule has 2 N–H and O–H groups in total. The van der Waals surface area contributed by atoms with E-state index < -0.39 is 0 Å². The summed E-state index contributed by atoms with van der Waals surface area (Å²) in [6, 6.07) is 3.35. The van der Waals surface area contributed by atoms with Gasteiger partial charge in [0.25, 0.3) is 0 Å². The fourth-order valence-electron chi connectivity index (χ4n) is 1.74. The molecule has 2 heterocycles. The van der Waals surface area contributed by atoms with Crippen LogP contribution in [0, 0.1) is 6.92 Å². The summed E-state index contributed by atoms with van der Waals surface area (Å²) >= 11 is 8.92. The molecule has 0 aliphatic carbocycles. The summed E-state index contributed by atoms with van der Waals surface area (Å²) in [6.07, 6.45) is 4.51. The molecular formula is C14H17ClN4OS2. The molecule has 0 unspecified atom stereocenters. The first kappa shape index (κ1) is 17.2. The summed E-state index contributed by atoms with van der Waals surface area (Å²) in [4.78, 5) is 23.6.